The molecule has 1 atom stereocenters. The Morgan fingerprint density at radius 2 is 2.14 bits per heavy atom. The molecule has 6 nitrogen and oxygen atoms in total. The second kappa shape index (κ2) is 7.20. The Hall–Kier alpha value is -3.00. The third kappa shape index (κ3) is 3.09. The predicted molar refractivity (Wildman–Crippen MR) is 107 cm³/mol. The quantitative estimate of drug-likeness (QED) is 0.708. The van der Waals surface area contributed by atoms with E-state index in [0.29, 0.717) is 27.5 Å². The highest BCUT2D eigenvalue weighted by atomic mass is 32.1. The van der Waals surface area contributed by atoms with Crippen molar-refractivity contribution in [1.29, 1.82) is 0 Å². The minimum atomic E-state index is -0.433. The molecular weight excluding hydrogens is 379 g/mol. The van der Waals surface area contributed by atoms with Crippen molar-refractivity contribution in [2.24, 2.45) is 0 Å². The van der Waals surface area contributed by atoms with Crippen LogP contribution < -0.4 is 11.1 Å². The zero-order valence-electron chi connectivity index (χ0n) is 15.2. The van der Waals surface area contributed by atoms with E-state index in [4.69, 9.17) is 5.73 Å². The number of thiophene rings is 1. The van der Waals surface area contributed by atoms with Gasteiger partial charge in [-0.2, -0.15) is 0 Å². The molecule has 2 amide bonds. The number of pyridine rings is 1. The molecule has 28 heavy (non-hydrogen) atoms. The number of nitrogens with zero attached hydrogens (tertiary/aromatic N) is 2. The highest BCUT2D eigenvalue weighted by Crippen LogP contribution is 2.37. The first kappa shape index (κ1) is 18.4. The number of anilines is 1. The smallest absolute Gasteiger partial charge is 0.263 e. The van der Waals surface area contributed by atoms with Gasteiger partial charge in [0.15, 0.2) is 0 Å². The molecule has 8 heteroatoms. The van der Waals surface area contributed by atoms with Crippen LogP contribution in [0.1, 0.15) is 44.6 Å². The van der Waals surface area contributed by atoms with Gasteiger partial charge in [0, 0.05) is 24.5 Å². The number of nitrogen functional groups attached to an aromatic ring is 1. The van der Waals surface area contributed by atoms with E-state index in [-0.39, 0.29) is 17.9 Å². The fourth-order valence-electron chi connectivity index (χ4n) is 3.58. The maximum absolute atomic E-state index is 13.5. The molecule has 0 bridgehead atoms. The summed E-state index contributed by atoms with van der Waals surface area (Å²) in [6.07, 6.45) is 1.63. The number of halogens is 1. The van der Waals surface area contributed by atoms with E-state index < -0.39 is 5.82 Å². The van der Waals surface area contributed by atoms with Gasteiger partial charge in [0.05, 0.1) is 17.4 Å². The number of nitrogens with one attached hydrogen (secondary N) is 1. The van der Waals surface area contributed by atoms with E-state index in [1.54, 1.807) is 18.0 Å². The van der Waals surface area contributed by atoms with Crippen LogP contribution in [0.3, 0.4) is 0 Å². The number of fused-ring (bicyclic) bond motifs is 1. The minimum Gasteiger partial charge on any atom is -0.397 e. The molecule has 1 aromatic carbocycles. The molecule has 0 aliphatic carbocycles. The fourth-order valence-corrected chi connectivity index (χ4v) is 4.63. The van der Waals surface area contributed by atoms with Gasteiger partial charge in [-0.25, -0.2) is 9.37 Å². The van der Waals surface area contributed by atoms with Gasteiger partial charge in [0.2, 0.25) is 0 Å². The van der Waals surface area contributed by atoms with Gasteiger partial charge in [-0.15, -0.1) is 11.3 Å². The van der Waals surface area contributed by atoms with Gasteiger partial charge in [-0.1, -0.05) is 6.07 Å². The molecule has 1 aliphatic rings. The number of hydrogen-bond acceptors (Lipinski definition) is 5. The molecule has 3 N–H and O–H groups in total. The minimum absolute atomic E-state index is 0.188. The van der Waals surface area contributed by atoms with Crippen LogP contribution in [0.15, 0.2) is 36.4 Å². The zero-order chi connectivity index (χ0) is 19.8. The molecule has 0 saturated carbocycles. The summed E-state index contributed by atoms with van der Waals surface area (Å²) in [6, 6.07) is 9.23. The number of carbonyl (C=O) groups excluding carboxylic acids is 2. The topological polar surface area (TPSA) is 88.3 Å². The molecule has 1 saturated heterocycles. The first-order chi connectivity index (χ1) is 13.5. The Morgan fingerprint density at radius 1 is 1.32 bits per heavy atom. The average molecular weight is 398 g/mol. The number of amides is 2. The maximum atomic E-state index is 13.5. The Labute approximate surface area is 165 Å². The number of likely N-dealkylation sites (tertiary alicyclic amines) is 1. The van der Waals surface area contributed by atoms with Crippen molar-refractivity contribution in [2.45, 2.75) is 18.9 Å². The van der Waals surface area contributed by atoms with Crippen LogP contribution in [0.4, 0.5) is 10.1 Å². The number of nitrogens with two attached hydrogens (primary N) is 1. The highest BCUT2D eigenvalue weighted by molar-refractivity contribution is 7.21. The molecule has 0 unspecified atom stereocenters. The molecule has 2 aromatic heterocycles. The maximum Gasteiger partial charge on any atom is 0.263 e. The van der Waals surface area contributed by atoms with Crippen LogP contribution in [0.5, 0.6) is 0 Å². The van der Waals surface area contributed by atoms with Crippen molar-refractivity contribution in [2.75, 3.05) is 19.3 Å². The van der Waals surface area contributed by atoms with Gasteiger partial charge in [-0.05, 0) is 43.2 Å². The van der Waals surface area contributed by atoms with Crippen LogP contribution >= 0.6 is 11.3 Å². The fraction of sp³-hybridized carbons (Fsp3) is 0.250. The summed E-state index contributed by atoms with van der Waals surface area (Å²) < 4.78 is 13.5. The van der Waals surface area contributed by atoms with Crippen LogP contribution in [0.2, 0.25) is 0 Å². The van der Waals surface area contributed by atoms with Gasteiger partial charge in [-0.3, -0.25) is 9.59 Å². The van der Waals surface area contributed by atoms with Crippen molar-refractivity contribution in [3.05, 3.63) is 58.3 Å². The third-order valence-electron chi connectivity index (χ3n) is 4.98. The summed E-state index contributed by atoms with van der Waals surface area (Å²) in [7, 11) is 1.56. The molecular formula is C20H19FN4O2S. The lowest BCUT2D eigenvalue weighted by molar-refractivity contribution is 0.0732. The van der Waals surface area contributed by atoms with Gasteiger partial charge in [0.25, 0.3) is 11.8 Å². The summed E-state index contributed by atoms with van der Waals surface area (Å²) in [5, 5.41) is 3.31. The largest absolute Gasteiger partial charge is 0.397 e. The van der Waals surface area contributed by atoms with Crippen molar-refractivity contribution < 1.29 is 14.0 Å². The third-order valence-corrected chi connectivity index (χ3v) is 6.09. The van der Waals surface area contributed by atoms with Gasteiger partial charge < -0.3 is 16.0 Å². The van der Waals surface area contributed by atoms with E-state index in [9.17, 15) is 14.0 Å². The van der Waals surface area contributed by atoms with Crippen LogP contribution in [-0.4, -0.2) is 35.3 Å². The molecule has 1 aliphatic heterocycles. The van der Waals surface area contributed by atoms with Gasteiger partial charge in [0.1, 0.15) is 15.5 Å². The monoisotopic (exact) mass is 398 g/mol. The summed E-state index contributed by atoms with van der Waals surface area (Å²) >= 11 is 1.24. The molecule has 144 valence electrons. The second-order valence-electron chi connectivity index (χ2n) is 6.68. The van der Waals surface area contributed by atoms with Crippen LogP contribution in [0, 0.1) is 5.82 Å². The summed E-state index contributed by atoms with van der Waals surface area (Å²) in [4.78, 5) is 32.4. The number of hydrogen-bond donors (Lipinski definition) is 2. The number of rotatable bonds is 3. The summed E-state index contributed by atoms with van der Waals surface area (Å²) in [5.41, 5.74) is 7.59. The normalized spacial score (nSPS) is 16.5. The number of carbonyl (C=O) groups is 2. The Bertz CT molecular complexity index is 1080. The average Bonchev–Trinajstić information content (AvgIpc) is 3.31. The lowest BCUT2D eigenvalue weighted by Gasteiger charge is -2.24. The van der Waals surface area contributed by atoms with E-state index in [0.717, 1.165) is 23.9 Å². The zero-order valence-corrected chi connectivity index (χ0v) is 16.1. The first-order valence-electron chi connectivity index (χ1n) is 8.97. The molecule has 1 fully saturated rings. The van der Waals surface area contributed by atoms with Crippen molar-refractivity contribution in [3.63, 3.8) is 0 Å². The van der Waals surface area contributed by atoms with Gasteiger partial charge >= 0.3 is 0 Å². The van der Waals surface area contributed by atoms with Crippen molar-refractivity contribution in [3.8, 4) is 0 Å². The predicted octanol–water partition coefficient (Wildman–Crippen LogP) is 3.35. The molecule has 3 aromatic rings. The van der Waals surface area contributed by atoms with E-state index >= 15 is 0 Å². The highest BCUT2D eigenvalue weighted by Gasteiger charge is 2.32. The molecule has 0 spiro atoms. The molecule has 4 rings (SSSR count). The lowest BCUT2D eigenvalue weighted by atomic mass is 10.1. The number of benzene rings is 1. The Balaban J connectivity index is 1.68. The van der Waals surface area contributed by atoms with E-state index in [2.05, 4.69) is 10.3 Å². The Kier molecular flexibility index (Phi) is 4.72. The van der Waals surface area contributed by atoms with E-state index in [1.165, 1.54) is 29.5 Å². The second-order valence-corrected chi connectivity index (χ2v) is 7.68. The number of aromatic nitrogens is 1. The lowest BCUT2D eigenvalue weighted by Crippen LogP contribution is -2.31. The molecule has 0 radical (unpaired) electrons. The summed E-state index contributed by atoms with van der Waals surface area (Å²) in [6.45, 7) is 0.593. The van der Waals surface area contributed by atoms with Crippen LogP contribution in [-0.2, 0) is 0 Å². The standard InChI is InChI=1S/C20H19FN4O2S/c1-23-18(26)17-16(22)13-7-8-14(24-19(13)28-17)15-6-3-9-25(15)20(27)11-4-2-5-12(21)10-11/h2,4-5,7-8,10,15H,3,6,9,22H2,1H3,(H,23,26)/t15-/m0/s1. The first-order valence-corrected chi connectivity index (χ1v) is 9.78. The SMILES string of the molecule is CNC(=O)c1sc2nc([C@@H]3CCCN3C(=O)c3cccc(F)c3)ccc2c1N. The van der Waals surface area contributed by atoms with Crippen molar-refractivity contribution >= 4 is 39.1 Å². The Morgan fingerprint density at radius 3 is 2.89 bits per heavy atom. The van der Waals surface area contributed by atoms with Crippen molar-refractivity contribution in [1.82, 2.24) is 15.2 Å². The molecule has 3 heterocycles. The summed E-state index contributed by atoms with van der Waals surface area (Å²) in [5.74, 6) is -0.886. The van der Waals surface area contributed by atoms with Crippen LogP contribution in [0.25, 0.3) is 10.2 Å². The van der Waals surface area contributed by atoms with E-state index in [1.807, 2.05) is 12.1 Å².